The van der Waals surface area contributed by atoms with Crippen molar-refractivity contribution >= 4 is 23.6 Å². The molecule has 1 heterocycles. The molecule has 1 aliphatic rings. The summed E-state index contributed by atoms with van der Waals surface area (Å²) in [6.07, 6.45) is 2.92. The van der Waals surface area contributed by atoms with Gasteiger partial charge in [0.15, 0.2) is 6.10 Å². The van der Waals surface area contributed by atoms with E-state index < -0.39 is 12.1 Å². The summed E-state index contributed by atoms with van der Waals surface area (Å²) in [6, 6.07) is 9.58. The highest BCUT2D eigenvalue weighted by molar-refractivity contribution is 5.97. The number of anilines is 1. The molecule has 0 saturated heterocycles. The second kappa shape index (κ2) is 9.69. The number of esters is 1. The van der Waals surface area contributed by atoms with E-state index in [9.17, 15) is 9.59 Å². The van der Waals surface area contributed by atoms with Gasteiger partial charge in [0, 0.05) is 29.3 Å². The first kappa shape index (κ1) is 22.4. The van der Waals surface area contributed by atoms with Crippen LogP contribution in [0.25, 0.3) is 6.08 Å². The van der Waals surface area contributed by atoms with Crippen molar-refractivity contribution < 1.29 is 23.8 Å². The molecule has 0 unspecified atom stereocenters. The zero-order chi connectivity index (χ0) is 22.5. The third kappa shape index (κ3) is 5.45. The predicted octanol–water partition coefficient (Wildman–Crippen LogP) is 4.61. The highest BCUT2D eigenvalue weighted by Crippen LogP contribution is 2.35. The first-order valence-electron chi connectivity index (χ1n) is 10.5. The van der Waals surface area contributed by atoms with Gasteiger partial charge in [-0.3, -0.25) is 4.79 Å². The van der Waals surface area contributed by atoms with Gasteiger partial charge in [-0.2, -0.15) is 0 Å². The maximum atomic E-state index is 12.5. The number of hydrogen-bond acceptors (Lipinski definition) is 5. The van der Waals surface area contributed by atoms with E-state index in [1.165, 1.54) is 6.08 Å². The summed E-state index contributed by atoms with van der Waals surface area (Å²) in [5.74, 6) is 0.490. The van der Waals surface area contributed by atoms with Crippen LogP contribution in [-0.2, 0) is 20.7 Å². The first-order valence-corrected chi connectivity index (χ1v) is 10.5. The lowest BCUT2D eigenvalue weighted by Gasteiger charge is -2.15. The molecule has 0 bridgehead atoms. The van der Waals surface area contributed by atoms with Crippen LogP contribution in [0.15, 0.2) is 36.4 Å². The normalized spacial score (nSPS) is 15.8. The van der Waals surface area contributed by atoms with Crippen LogP contribution in [0, 0.1) is 13.8 Å². The van der Waals surface area contributed by atoms with Gasteiger partial charge in [-0.15, -0.1) is 0 Å². The van der Waals surface area contributed by atoms with Crippen molar-refractivity contribution in [3.8, 4) is 11.5 Å². The second-order valence-corrected chi connectivity index (χ2v) is 7.73. The summed E-state index contributed by atoms with van der Waals surface area (Å²) in [5.41, 5.74) is 4.44. The number of para-hydroxylation sites is 1. The van der Waals surface area contributed by atoms with E-state index in [-0.39, 0.29) is 12.0 Å². The Kier molecular flexibility index (Phi) is 7.00. The van der Waals surface area contributed by atoms with Gasteiger partial charge in [0.05, 0.1) is 6.61 Å². The van der Waals surface area contributed by atoms with E-state index in [0.29, 0.717) is 12.4 Å². The molecular weight excluding hydrogens is 394 g/mol. The number of ether oxygens (including phenoxy) is 3. The van der Waals surface area contributed by atoms with Crippen LogP contribution in [0.1, 0.15) is 43.0 Å². The van der Waals surface area contributed by atoms with E-state index in [0.717, 1.165) is 40.1 Å². The summed E-state index contributed by atoms with van der Waals surface area (Å²) < 4.78 is 16.8. The lowest BCUT2D eigenvalue weighted by Crippen LogP contribution is -2.30. The van der Waals surface area contributed by atoms with Gasteiger partial charge in [-0.25, -0.2) is 4.79 Å². The van der Waals surface area contributed by atoms with Gasteiger partial charge in [0.1, 0.15) is 17.6 Å². The molecule has 1 amide bonds. The number of hydrogen-bond donors (Lipinski definition) is 1. The van der Waals surface area contributed by atoms with Crippen LogP contribution in [-0.4, -0.2) is 30.7 Å². The lowest BCUT2D eigenvalue weighted by atomic mass is 10.1. The van der Waals surface area contributed by atoms with E-state index in [2.05, 4.69) is 5.32 Å². The predicted molar refractivity (Wildman–Crippen MR) is 121 cm³/mol. The molecule has 0 fully saturated rings. The van der Waals surface area contributed by atoms with E-state index >= 15 is 0 Å². The Balaban J connectivity index is 1.66. The average Bonchev–Trinajstić information content (AvgIpc) is 3.08. The fourth-order valence-electron chi connectivity index (χ4n) is 3.53. The summed E-state index contributed by atoms with van der Waals surface area (Å²) >= 11 is 0. The first-order chi connectivity index (χ1) is 14.8. The fourth-order valence-corrected chi connectivity index (χ4v) is 3.53. The summed E-state index contributed by atoms with van der Waals surface area (Å²) in [5, 5.41) is 2.84. The highest BCUT2D eigenvalue weighted by atomic mass is 16.5. The van der Waals surface area contributed by atoms with Crippen molar-refractivity contribution in [1.82, 2.24) is 0 Å². The number of carbonyl (C=O) groups excluding carboxylic acids is 2. The van der Waals surface area contributed by atoms with Crippen LogP contribution < -0.4 is 14.8 Å². The molecular formula is C25H29NO5. The van der Waals surface area contributed by atoms with Gasteiger partial charge in [-0.1, -0.05) is 18.2 Å². The van der Waals surface area contributed by atoms with Crippen molar-refractivity contribution in [2.45, 2.75) is 53.2 Å². The molecule has 3 rings (SSSR count). The minimum absolute atomic E-state index is 0.116. The van der Waals surface area contributed by atoms with E-state index in [1.54, 1.807) is 13.0 Å². The maximum absolute atomic E-state index is 12.5. The molecule has 0 aliphatic carbocycles. The summed E-state index contributed by atoms with van der Waals surface area (Å²) in [7, 11) is 0. The Morgan fingerprint density at radius 1 is 1.26 bits per heavy atom. The number of amides is 1. The minimum Gasteiger partial charge on any atom is -0.493 e. The third-order valence-electron chi connectivity index (χ3n) is 5.12. The quantitative estimate of drug-likeness (QED) is 0.520. The van der Waals surface area contributed by atoms with Crippen LogP contribution in [0.3, 0.4) is 0 Å². The number of fused-ring (bicyclic) bond motifs is 1. The zero-order valence-electron chi connectivity index (χ0n) is 18.7. The molecule has 0 aromatic heterocycles. The highest BCUT2D eigenvalue weighted by Gasteiger charge is 2.22. The molecule has 6 heteroatoms. The fraction of sp³-hybridized carbons (Fsp3) is 0.360. The molecule has 2 atom stereocenters. The van der Waals surface area contributed by atoms with Crippen LogP contribution >= 0.6 is 0 Å². The second-order valence-electron chi connectivity index (χ2n) is 7.73. The smallest absolute Gasteiger partial charge is 0.331 e. The summed E-state index contributed by atoms with van der Waals surface area (Å²) in [4.78, 5) is 24.8. The average molecular weight is 424 g/mol. The van der Waals surface area contributed by atoms with E-state index in [4.69, 9.17) is 14.2 Å². The topological polar surface area (TPSA) is 73.9 Å². The Morgan fingerprint density at radius 3 is 2.65 bits per heavy atom. The van der Waals surface area contributed by atoms with Crippen LogP contribution in [0.2, 0.25) is 0 Å². The molecule has 0 radical (unpaired) electrons. The van der Waals surface area contributed by atoms with Gasteiger partial charge in [0.25, 0.3) is 5.91 Å². The number of rotatable bonds is 7. The molecule has 2 aromatic carbocycles. The van der Waals surface area contributed by atoms with Crippen molar-refractivity contribution in [1.29, 1.82) is 0 Å². The SMILES string of the molecule is CCOc1cc2c(cc1/C=C/C(=O)O[C@@H](C)C(=O)Nc1c(C)cccc1C)O[C@@H](C)C2. The molecule has 2 aromatic rings. The Bertz CT molecular complexity index is 991. The molecule has 6 nitrogen and oxygen atoms in total. The Hall–Kier alpha value is -3.28. The van der Waals surface area contributed by atoms with Crippen molar-refractivity contribution in [2.75, 3.05) is 11.9 Å². The zero-order valence-corrected chi connectivity index (χ0v) is 18.7. The third-order valence-corrected chi connectivity index (χ3v) is 5.12. The Morgan fingerprint density at radius 2 is 1.97 bits per heavy atom. The molecule has 31 heavy (non-hydrogen) atoms. The monoisotopic (exact) mass is 423 g/mol. The number of benzene rings is 2. The van der Waals surface area contributed by atoms with Gasteiger partial charge in [-0.05, 0) is 64.0 Å². The molecule has 0 spiro atoms. The van der Waals surface area contributed by atoms with Crippen LogP contribution in [0.5, 0.6) is 11.5 Å². The maximum Gasteiger partial charge on any atom is 0.331 e. The molecule has 1 N–H and O–H groups in total. The molecule has 0 saturated carbocycles. The molecule has 164 valence electrons. The molecule has 1 aliphatic heterocycles. The van der Waals surface area contributed by atoms with Gasteiger partial charge < -0.3 is 19.5 Å². The van der Waals surface area contributed by atoms with Gasteiger partial charge in [0.2, 0.25) is 0 Å². The summed E-state index contributed by atoms with van der Waals surface area (Å²) in [6.45, 7) is 9.81. The van der Waals surface area contributed by atoms with Gasteiger partial charge >= 0.3 is 5.97 Å². The van der Waals surface area contributed by atoms with Crippen molar-refractivity contribution in [2.24, 2.45) is 0 Å². The number of carbonyl (C=O) groups is 2. The Labute approximate surface area is 183 Å². The largest absolute Gasteiger partial charge is 0.493 e. The number of aryl methyl sites for hydroxylation is 2. The van der Waals surface area contributed by atoms with E-state index in [1.807, 2.05) is 58.0 Å². The van der Waals surface area contributed by atoms with Crippen LogP contribution in [0.4, 0.5) is 5.69 Å². The van der Waals surface area contributed by atoms with Crippen molar-refractivity contribution in [3.63, 3.8) is 0 Å². The number of nitrogens with one attached hydrogen (secondary N) is 1. The lowest BCUT2D eigenvalue weighted by molar-refractivity contribution is -0.148. The minimum atomic E-state index is -0.938. The standard InChI is InChI=1S/C25H29NO5/c1-6-29-21-14-20-12-17(4)30-22(20)13-19(21)10-11-23(27)31-18(5)25(28)26-24-15(2)8-7-9-16(24)3/h7-11,13-14,17-18H,6,12H2,1-5H3,(H,26,28)/b11-10+/t17-,18-/m0/s1. The van der Waals surface area contributed by atoms with Crippen molar-refractivity contribution in [3.05, 3.63) is 58.7 Å².